The van der Waals surface area contributed by atoms with Crippen LogP contribution in [0.15, 0.2) is 24.3 Å². The zero-order chi connectivity index (χ0) is 14.3. The van der Waals surface area contributed by atoms with Crippen LogP contribution in [0.4, 0.5) is 4.39 Å². The van der Waals surface area contributed by atoms with Gasteiger partial charge in [0.05, 0.1) is 0 Å². The van der Waals surface area contributed by atoms with Crippen molar-refractivity contribution < 1.29 is 4.39 Å². The molecule has 0 radical (unpaired) electrons. The maximum Gasteiger partial charge on any atom is 0.123 e. The molecule has 0 bridgehead atoms. The molecule has 1 atom stereocenters. The molecule has 108 valence electrons. The highest BCUT2D eigenvalue weighted by molar-refractivity contribution is 7.98. The molecule has 1 aromatic rings. The van der Waals surface area contributed by atoms with E-state index in [0.29, 0.717) is 0 Å². The van der Waals surface area contributed by atoms with Crippen molar-refractivity contribution in [2.75, 3.05) is 18.6 Å². The monoisotopic (exact) mass is 283 g/mol. The molecule has 0 spiro atoms. The summed E-state index contributed by atoms with van der Waals surface area (Å²) in [5.74, 6) is 1.05. The normalized spacial score (nSPS) is 13.5. The van der Waals surface area contributed by atoms with E-state index in [4.69, 9.17) is 0 Å². The van der Waals surface area contributed by atoms with Crippen molar-refractivity contribution in [1.29, 1.82) is 0 Å². The summed E-state index contributed by atoms with van der Waals surface area (Å²) in [6.07, 6.45) is 4.58. The van der Waals surface area contributed by atoms with E-state index in [0.717, 1.165) is 6.54 Å². The molecule has 3 heteroatoms. The molecule has 0 aliphatic heterocycles. The van der Waals surface area contributed by atoms with Crippen molar-refractivity contribution >= 4 is 11.8 Å². The average molecular weight is 283 g/mol. The van der Waals surface area contributed by atoms with Crippen molar-refractivity contribution in [2.24, 2.45) is 5.41 Å². The predicted octanol–water partition coefficient (Wildman–Crippen LogP) is 4.65. The molecule has 0 aliphatic rings. The summed E-state index contributed by atoms with van der Waals surface area (Å²) in [5.41, 5.74) is 1.29. The van der Waals surface area contributed by atoms with E-state index in [-0.39, 0.29) is 17.3 Å². The lowest BCUT2D eigenvalue weighted by Crippen LogP contribution is -2.33. The topological polar surface area (TPSA) is 12.0 Å². The van der Waals surface area contributed by atoms with E-state index in [9.17, 15) is 4.39 Å². The maximum absolute atomic E-state index is 13.0. The quantitative estimate of drug-likeness (QED) is 0.731. The first-order valence-corrected chi connectivity index (χ1v) is 8.32. The van der Waals surface area contributed by atoms with Gasteiger partial charge in [0.2, 0.25) is 0 Å². The Labute approximate surface area is 121 Å². The van der Waals surface area contributed by atoms with E-state index in [1.165, 1.54) is 24.2 Å². The lowest BCUT2D eigenvalue weighted by molar-refractivity contribution is 0.272. The van der Waals surface area contributed by atoms with E-state index >= 15 is 0 Å². The third kappa shape index (κ3) is 5.96. The van der Waals surface area contributed by atoms with E-state index in [2.05, 4.69) is 32.3 Å². The van der Waals surface area contributed by atoms with Gasteiger partial charge in [0.1, 0.15) is 5.82 Å². The Balaban J connectivity index is 2.60. The van der Waals surface area contributed by atoms with E-state index < -0.39 is 0 Å². The fraction of sp³-hybridized carbons (Fsp3) is 0.625. The number of thioether (sulfide) groups is 1. The van der Waals surface area contributed by atoms with Gasteiger partial charge in [0, 0.05) is 6.04 Å². The van der Waals surface area contributed by atoms with Crippen LogP contribution < -0.4 is 5.32 Å². The van der Waals surface area contributed by atoms with Gasteiger partial charge in [-0.1, -0.05) is 32.9 Å². The minimum absolute atomic E-state index is 0.122. The van der Waals surface area contributed by atoms with Crippen molar-refractivity contribution in [3.8, 4) is 0 Å². The highest BCUT2D eigenvalue weighted by Crippen LogP contribution is 2.32. The van der Waals surface area contributed by atoms with Gasteiger partial charge in [-0.05, 0) is 54.5 Å². The van der Waals surface area contributed by atoms with Crippen molar-refractivity contribution in [3.63, 3.8) is 0 Å². The first kappa shape index (κ1) is 16.5. The summed E-state index contributed by atoms with van der Waals surface area (Å²) in [6, 6.07) is 7.13. The second kappa shape index (κ2) is 7.91. The fourth-order valence-corrected chi connectivity index (χ4v) is 2.69. The predicted molar refractivity (Wildman–Crippen MR) is 84.2 cm³/mol. The maximum atomic E-state index is 13.0. The second-order valence-electron chi connectivity index (χ2n) is 6.00. The third-order valence-electron chi connectivity index (χ3n) is 3.19. The lowest BCUT2D eigenvalue weighted by atomic mass is 9.82. The molecule has 0 saturated heterocycles. The van der Waals surface area contributed by atoms with Crippen LogP contribution in [0.2, 0.25) is 0 Å². The number of unbranched alkanes of at least 4 members (excludes halogenated alkanes) is 1. The van der Waals surface area contributed by atoms with Crippen LogP contribution in [0.5, 0.6) is 0 Å². The summed E-state index contributed by atoms with van der Waals surface area (Å²) in [4.78, 5) is 0. The van der Waals surface area contributed by atoms with Crippen LogP contribution in [-0.2, 0) is 0 Å². The summed E-state index contributed by atoms with van der Waals surface area (Å²) >= 11 is 1.89. The Hall–Kier alpha value is -0.540. The number of nitrogens with one attached hydrogen (secondary N) is 1. The van der Waals surface area contributed by atoms with E-state index in [1.807, 2.05) is 23.9 Å². The second-order valence-corrected chi connectivity index (χ2v) is 6.99. The van der Waals surface area contributed by atoms with Crippen molar-refractivity contribution in [3.05, 3.63) is 35.6 Å². The van der Waals surface area contributed by atoms with Gasteiger partial charge >= 0.3 is 0 Å². The van der Waals surface area contributed by atoms with Gasteiger partial charge < -0.3 is 5.32 Å². The van der Waals surface area contributed by atoms with Gasteiger partial charge in [0.25, 0.3) is 0 Å². The summed E-state index contributed by atoms with van der Waals surface area (Å²) in [6.45, 7) is 7.67. The Morgan fingerprint density at radius 3 is 2.32 bits per heavy atom. The number of hydrogen-bond acceptors (Lipinski definition) is 2. The van der Waals surface area contributed by atoms with Gasteiger partial charge in [-0.2, -0.15) is 11.8 Å². The number of rotatable bonds is 7. The average Bonchev–Trinajstić information content (AvgIpc) is 2.34. The molecular formula is C16H26FNS. The van der Waals surface area contributed by atoms with Gasteiger partial charge in [-0.15, -0.1) is 0 Å². The Kier molecular flexibility index (Phi) is 6.87. The molecule has 0 aromatic heterocycles. The highest BCUT2D eigenvalue weighted by atomic mass is 32.2. The zero-order valence-electron chi connectivity index (χ0n) is 12.5. The summed E-state index contributed by atoms with van der Waals surface area (Å²) in [7, 11) is 0. The van der Waals surface area contributed by atoms with Crippen LogP contribution >= 0.6 is 11.8 Å². The molecule has 0 aliphatic carbocycles. The van der Waals surface area contributed by atoms with Crippen LogP contribution in [0.1, 0.15) is 45.2 Å². The van der Waals surface area contributed by atoms with Gasteiger partial charge in [-0.25, -0.2) is 4.39 Å². The van der Waals surface area contributed by atoms with Crippen LogP contribution in [0, 0.1) is 11.2 Å². The molecule has 1 unspecified atom stereocenters. The molecule has 0 saturated carbocycles. The lowest BCUT2D eigenvalue weighted by Gasteiger charge is -2.32. The Bertz CT molecular complexity index is 356. The largest absolute Gasteiger partial charge is 0.309 e. The van der Waals surface area contributed by atoms with Gasteiger partial charge in [-0.3, -0.25) is 0 Å². The zero-order valence-corrected chi connectivity index (χ0v) is 13.3. The molecule has 19 heavy (non-hydrogen) atoms. The standard InChI is InChI=1S/C16H26FNS/c1-16(2,3)15(18-11-5-6-12-19-4)13-7-9-14(17)10-8-13/h7-10,15,18H,5-6,11-12H2,1-4H3. The number of halogens is 1. The molecule has 0 amide bonds. The minimum atomic E-state index is -0.170. The molecule has 0 fully saturated rings. The molecule has 1 nitrogen and oxygen atoms in total. The highest BCUT2D eigenvalue weighted by Gasteiger charge is 2.25. The van der Waals surface area contributed by atoms with Crippen LogP contribution in [-0.4, -0.2) is 18.6 Å². The number of benzene rings is 1. The molecule has 0 heterocycles. The van der Waals surface area contributed by atoms with Crippen LogP contribution in [0.25, 0.3) is 0 Å². The smallest absolute Gasteiger partial charge is 0.123 e. The summed E-state index contributed by atoms with van der Waals surface area (Å²) in [5, 5.41) is 3.62. The van der Waals surface area contributed by atoms with E-state index in [1.54, 1.807) is 12.1 Å². The van der Waals surface area contributed by atoms with Crippen molar-refractivity contribution in [2.45, 2.75) is 39.7 Å². The summed E-state index contributed by atoms with van der Waals surface area (Å²) < 4.78 is 13.0. The molecule has 1 rings (SSSR count). The Morgan fingerprint density at radius 2 is 1.79 bits per heavy atom. The minimum Gasteiger partial charge on any atom is -0.309 e. The third-order valence-corrected chi connectivity index (χ3v) is 3.89. The van der Waals surface area contributed by atoms with Crippen LogP contribution in [0.3, 0.4) is 0 Å². The van der Waals surface area contributed by atoms with Gasteiger partial charge in [0.15, 0.2) is 0 Å². The first-order chi connectivity index (χ1) is 8.95. The SMILES string of the molecule is CSCCCCNC(c1ccc(F)cc1)C(C)(C)C. The fourth-order valence-electron chi connectivity index (χ4n) is 2.20. The molecule has 1 N–H and O–H groups in total. The Morgan fingerprint density at radius 1 is 1.16 bits per heavy atom. The molecule has 1 aromatic carbocycles. The number of hydrogen-bond donors (Lipinski definition) is 1. The first-order valence-electron chi connectivity index (χ1n) is 6.93. The van der Waals surface area contributed by atoms with Crippen molar-refractivity contribution in [1.82, 2.24) is 5.32 Å². The molecular weight excluding hydrogens is 257 g/mol.